The van der Waals surface area contributed by atoms with Crippen molar-refractivity contribution in [3.63, 3.8) is 0 Å². The van der Waals surface area contributed by atoms with E-state index >= 15 is 0 Å². The maximum atomic E-state index is 6.03. The van der Waals surface area contributed by atoms with Crippen molar-refractivity contribution in [2.45, 2.75) is 25.7 Å². The number of nitrogens with one attached hydrogen (secondary N) is 1. The molecule has 0 radical (unpaired) electrons. The highest BCUT2D eigenvalue weighted by Gasteiger charge is 2.16. The number of hydrogen-bond donors (Lipinski definition) is 1. The summed E-state index contributed by atoms with van der Waals surface area (Å²) in [5.74, 6) is 0.631. The molecule has 1 aromatic rings. The van der Waals surface area contributed by atoms with E-state index in [-0.39, 0.29) is 0 Å². The van der Waals surface area contributed by atoms with Gasteiger partial charge in [0.1, 0.15) is 0 Å². The van der Waals surface area contributed by atoms with E-state index in [9.17, 15) is 0 Å². The highest BCUT2D eigenvalue weighted by atomic mass is 35.5. The summed E-state index contributed by atoms with van der Waals surface area (Å²) in [4.78, 5) is 0. The van der Waals surface area contributed by atoms with Crippen LogP contribution in [0.4, 0.5) is 0 Å². The molecule has 2 rings (SSSR count). The molecule has 0 bridgehead atoms. The van der Waals surface area contributed by atoms with E-state index in [2.05, 4.69) is 24.4 Å². The lowest BCUT2D eigenvalue weighted by molar-refractivity contribution is 0.595. The van der Waals surface area contributed by atoms with Crippen LogP contribution in [0.2, 0.25) is 5.02 Å². The largest absolute Gasteiger partial charge is 0.316 e. The standard InChI is InChI=1S/C12H16ClN/c1-2-9-8-14-6-5-10-3-4-11(13)7-12(9)10/h3-4,7,9,14H,2,5-6,8H2,1H3/t9-/m0/s1. The predicted octanol–water partition coefficient (Wildman–Crippen LogP) is 2.98. The van der Waals surface area contributed by atoms with Gasteiger partial charge in [-0.15, -0.1) is 0 Å². The quantitative estimate of drug-likeness (QED) is 0.750. The van der Waals surface area contributed by atoms with Crippen LogP contribution in [0.25, 0.3) is 0 Å². The van der Waals surface area contributed by atoms with Crippen LogP contribution in [-0.4, -0.2) is 13.1 Å². The summed E-state index contributed by atoms with van der Waals surface area (Å²) in [7, 11) is 0. The molecule has 14 heavy (non-hydrogen) atoms. The van der Waals surface area contributed by atoms with Gasteiger partial charge in [-0.2, -0.15) is 0 Å². The fourth-order valence-corrected chi connectivity index (χ4v) is 2.33. The smallest absolute Gasteiger partial charge is 0.0409 e. The van der Waals surface area contributed by atoms with Gasteiger partial charge in [0.2, 0.25) is 0 Å². The Kier molecular flexibility index (Phi) is 3.09. The predicted molar refractivity (Wildman–Crippen MR) is 61.1 cm³/mol. The van der Waals surface area contributed by atoms with Crippen LogP contribution in [0, 0.1) is 0 Å². The van der Waals surface area contributed by atoms with Crippen molar-refractivity contribution in [1.82, 2.24) is 5.32 Å². The van der Waals surface area contributed by atoms with Crippen molar-refractivity contribution in [3.05, 3.63) is 34.3 Å². The van der Waals surface area contributed by atoms with Gasteiger partial charge in [-0.25, -0.2) is 0 Å². The zero-order chi connectivity index (χ0) is 9.97. The Labute approximate surface area is 90.5 Å². The maximum Gasteiger partial charge on any atom is 0.0409 e. The highest BCUT2D eigenvalue weighted by molar-refractivity contribution is 6.30. The van der Waals surface area contributed by atoms with Crippen LogP contribution in [0.1, 0.15) is 30.4 Å². The van der Waals surface area contributed by atoms with Gasteiger partial charge < -0.3 is 5.32 Å². The Morgan fingerprint density at radius 3 is 3.14 bits per heavy atom. The van der Waals surface area contributed by atoms with Gasteiger partial charge >= 0.3 is 0 Å². The molecule has 1 heterocycles. The minimum Gasteiger partial charge on any atom is -0.316 e. The first-order chi connectivity index (χ1) is 6.81. The molecule has 0 aromatic heterocycles. The summed E-state index contributed by atoms with van der Waals surface area (Å²) in [6.45, 7) is 4.41. The second kappa shape index (κ2) is 4.33. The third-order valence-electron chi connectivity index (χ3n) is 3.00. The number of halogens is 1. The van der Waals surface area contributed by atoms with Crippen molar-refractivity contribution in [2.24, 2.45) is 0 Å². The lowest BCUT2D eigenvalue weighted by Gasteiger charge is -2.15. The molecule has 0 saturated heterocycles. The SMILES string of the molecule is CC[C@H]1CNCCc2ccc(Cl)cc21. The van der Waals surface area contributed by atoms with Gasteiger partial charge in [0.15, 0.2) is 0 Å². The third kappa shape index (κ3) is 1.94. The van der Waals surface area contributed by atoms with E-state index in [0.29, 0.717) is 5.92 Å². The Hall–Kier alpha value is -0.530. The van der Waals surface area contributed by atoms with E-state index < -0.39 is 0 Å². The lowest BCUT2D eigenvalue weighted by atomic mass is 9.92. The lowest BCUT2D eigenvalue weighted by Crippen LogP contribution is -2.19. The van der Waals surface area contributed by atoms with E-state index in [1.165, 1.54) is 17.5 Å². The average Bonchev–Trinajstić information content (AvgIpc) is 2.39. The van der Waals surface area contributed by atoms with Crippen LogP contribution in [0.3, 0.4) is 0 Å². The summed E-state index contributed by atoms with van der Waals surface area (Å²) in [6.07, 6.45) is 2.31. The van der Waals surface area contributed by atoms with Gasteiger partial charge in [0, 0.05) is 11.6 Å². The summed E-state index contributed by atoms with van der Waals surface area (Å²) >= 11 is 6.03. The van der Waals surface area contributed by atoms with Crippen LogP contribution in [0.15, 0.2) is 18.2 Å². The van der Waals surface area contributed by atoms with E-state index in [4.69, 9.17) is 11.6 Å². The molecule has 2 heteroatoms. The first kappa shape index (κ1) is 10.0. The normalized spacial score (nSPS) is 21.4. The van der Waals surface area contributed by atoms with Crippen LogP contribution >= 0.6 is 11.6 Å². The van der Waals surface area contributed by atoms with Gasteiger partial charge in [-0.05, 0) is 48.6 Å². The average molecular weight is 210 g/mol. The van der Waals surface area contributed by atoms with Crippen LogP contribution in [0.5, 0.6) is 0 Å². The second-order valence-electron chi connectivity index (χ2n) is 3.90. The molecule has 0 unspecified atom stereocenters. The Balaban J connectivity index is 2.40. The fraction of sp³-hybridized carbons (Fsp3) is 0.500. The first-order valence-electron chi connectivity index (χ1n) is 5.30. The summed E-state index contributed by atoms with van der Waals surface area (Å²) in [5.41, 5.74) is 2.91. The molecular formula is C12H16ClN. The molecule has 0 saturated carbocycles. The number of rotatable bonds is 1. The highest BCUT2D eigenvalue weighted by Crippen LogP contribution is 2.27. The minimum atomic E-state index is 0.631. The van der Waals surface area contributed by atoms with Gasteiger partial charge in [0.25, 0.3) is 0 Å². The molecular weight excluding hydrogens is 194 g/mol. The Bertz CT molecular complexity index is 322. The van der Waals surface area contributed by atoms with E-state index in [0.717, 1.165) is 24.5 Å². The summed E-state index contributed by atoms with van der Waals surface area (Å²) in [6, 6.07) is 6.31. The monoisotopic (exact) mass is 209 g/mol. The minimum absolute atomic E-state index is 0.631. The van der Waals surface area contributed by atoms with Crippen molar-refractivity contribution >= 4 is 11.6 Å². The van der Waals surface area contributed by atoms with Crippen molar-refractivity contribution < 1.29 is 0 Å². The Morgan fingerprint density at radius 2 is 2.36 bits per heavy atom. The molecule has 0 fully saturated rings. The molecule has 1 atom stereocenters. The zero-order valence-corrected chi connectivity index (χ0v) is 9.27. The number of hydrogen-bond acceptors (Lipinski definition) is 1. The van der Waals surface area contributed by atoms with Crippen molar-refractivity contribution in [3.8, 4) is 0 Å². The molecule has 1 aliphatic rings. The molecule has 1 aromatic carbocycles. The van der Waals surface area contributed by atoms with Crippen LogP contribution in [-0.2, 0) is 6.42 Å². The van der Waals surface area contributed by atoms with Gasteiger partial charge in [-0.1, -0.05) is 24.6 Å². The molecule has 0 spiro atoms. The van der Waals surface area contributed by atoms with Gasteiger partial charge in [-0.3, -0.25) is 0 Å². The molecule has 0 amide bonds. The van der Waals surface area contributed by atoms with Crippen LogP contribution < -0.4 is 5.32 Å². The van der Waals surface area contributed by atoms with Crippen molar-refractivity contribution in [1.29, 1.82) is 0 Å². The molecule has 76 valence electrons. The fourth-order valence-electron chi connectivity index (χ4n) is 2.15. The number of fused-ring (bicyclic) bond motifs is 1. The van der Waals surface area contributed by atoms with E-state index in [1.54, 1.807) is 0 Å². The summed E-state index contributed by atoms with van der Waals surface area (Å²) < 4.78 is 0. The van der Waals surface area contributed by atoms with Gasteiger partial charge in [0.05, 0.1) is 0 Å². The molecule has 1 aliphatic heterocycles. The first-order valence-corrected chi connectivity index (χ1v) is 5.68. The Morgan fingerprint density at radius 1 is 1.50 bits per heavy atom. The molecule has 1 nitrogen and oxygen atoms in total. The summed E-state index contributed by atoms with van der Waals surface area (Å²) in [5, 5.41) is 4.34. The number of benzene rings is 1. The zero-order valence-electron chi connectivity index (χ0n) is 8.52. The molecule has 1 N–H and O–H groups in total. The third-order valence-corrected chi connectivity index (χ3v) is 3.24. The topological polar surface area (TPSA) is 12.0 Å². The second-order valence-corrected chi connectivity index (χ2v) is 4.34. The van der Waals surface area contributed by atoms with Crippen molar-refractivity contribution in [2.75, 3.05) is 13.1 Å². The maximum absolute atomic E-state index is 6.03. The molecule has 0 aliphatic carbocycles. The van der Waals surface area contributed by atoms with E-state index in [1.807, 2.05) is 6.07 Å².